The molecule has 160 valence electrons. The zero-order valence-corrected chi connectivity index (χ0v) is 17.8. The van der Waals surface area contributed by atoms with Crippen LogP contribution in [0.15, 0.2) is 22.9 Å². The Kier molecular flexibility index (Phi) is 6.56. The fourth-order valence-corrected chi connectivity index (χ4v) is 4.54. The summed E-state index contributed by atoms with van der Waals surface area (Å²) in [6.07, 6.45) is 10.8. The lowest BCUT2D eigenvalue weighted by Crippen LogP contribution is -2.44. The Labute approximate surface area is 177 Å². The Hall–Kier alpha value is -2.56. The minimum atomic E-state index is 0.277. The van der Waals surface area contributed by atoms with Crippen LogP contribution < -0.4 is 5.32 Å². The number of nitrogens with one attached hydrogen (secondary N) is 1. The Bertz CT molecular complexity index is 918. The first-order chi connectivity index (χ1) is 14.7. The van der Waals surface area contributed by atoms with Gasteiger partial charge in [0, 0.05) is 35.7 Å². The largest absolute Gasteiger partial charge is 0.501 e. The predicted molar refractivity (Wildman–Crippen MR) is 116 cm³/mol. The first kappa shape index (κ1) is 20.7. The number of nitriles is 1. The summed E-state index contributed by atoms with van der Waals surface area (Å²) in [6, 6.07) is 5.70. The molecular formula is C23H30N4O3. The number of ether oxygens (including phenoxy) is 2. The summed E-state index contributed by atoms with van der Waals surface area (Å²) in [4.78, 5) is 7.03. The van der Waals surface area contributed by atoms with Crippen LogP contribution in [0.5, 0.6) is 0 Å². The van der Waals surface area contributed by atoms with Gasteiger partial charge in [-0.2, -0.15) is 5.26 Å². The van der Waals surface area contributed by atoms with Gasteiger partial charge in [0.25, 0.3) is 0 Å². The average molecular weight is 411 g/mol. The first-order valence-corrected chi connectivity index (χ1v) is 10.9. The number of pyridine rings is 1. The highest BCUT2D eigenvalue weighted by molar-refractivity contribution is 5.90. The van der Waals surface area contributed by atoms with Gasteiger partial charge in [-0.15, -0.1) is 0 Å². The summed E-state index contributed by atoms with van der Waals surface area (Å²) >= 11 is 0. The van der Waals surface area contributed by atoms with Crippen molar-refractivity contribution >= 4 is 22.9 Å². The summed E-state index contributed by atoms with van der Waals surface area (Å²) < 4.78 is 16.5. The van der Waals surface area contributed by atoms with Crippen molar-refractivity contribution in [2.75, 3.05) is 32.2 Å². The second kappa shape index (κ2) is 9.50. The number of fused-ring (bicyclic) bond motifs is 1. The third-order valence-corrected chi connectivity index (χ3v) is 6.32. The van der Waals surface area contributed by atoms with Crippen LogP contribution in [0.4, 0.5) is 5.82 Å². The quantitative estimate of drug-likeness (QED) is 0.687. The molecule has 2 aliphatic rings. The van der Waals surface area contributed by atoms with Crippen LogP contribution in [-0.2, 0) is 9.47 Å². The lowest BCUT2D eigenvalue weighted by molar-refractivity contribution is 0.111. The molecule has 0 aromatic carbocycles. The standard InChI is InChI=1S/C23H30N4O3/c1-3-28-11-9-19-20-12-23(25-14-22(20)30-21(19)13-24)26-16-4-6-17(7-5-16)27(2)18-8-10-29-15-18/h9,11-12,14,16-18H,3-8,10,15H2,1-2H3,(H,25,26)/b11-9+/t16?,17?,18-/m0/s1. The van der Waals surface area contributed by atoms with Gasteiger partial charge in [0.05, 0.1) is 25.7 Å². The molecule has 1 N–H and O–H groups in total. The molecular weight excluding hydrogens is 380 g/mol. The molecule has 2 aromatic rings. The van der Waals surface area contributed by atoms with Gasteiger partial charge >= 0.3 is 0 Å². The summed E-state index contributed by atoms with van der Waals surface area (Å²) in [7, 11) is 2.25. The number of rotatable bonds is 7. The van der Waals surface area contributed by atoms with E-state index in [1.54, 1.807) is 18.5 Å². The minimum Gasteiger partial charge on any atom is -0.501 e. The monoisotopic (exact) mass is 410 g/mol. The van der Waals surface area contributed by atoms with Gasteiger partial charge in [-0.1, -0.05) is 0 Å². The van der Waals surface area contributed by atoms with E-state index in [1.165, 1.54) is 12.8 Å². The summed E-state index contributed by atoms with van der Waals surface area (Å²) in [6.45, 7) is 4.26. The third-order valence-electron chi connectivity index (χ3n) is 6.32. The molecule has 4 rings (SSSR count). The van der Waals surface area contributed by atoms with Crippen molar-refractivity contribution in [2.45, 2.75) is 57.2 Å². The van der Waals surface area contributed by atoms with Crippen LogP contribution in [0.25, 0.3) is 17.0 Å². The van der Waals surface area contributed by atoms with E-state index in [-0.39, 0.29) is 5.76 Å². The molecule has 0 bridgehead atoms. The summed E-state index contributed by atoms with van der Waals surface area (Å²) in [5.74, 6) is 1.10. The molecule has 1 aliphatic carbocycles. The van der Waals surface area contributed by atoms with Gasteiger partial charge in [-0.3, -0.25) is 4.90 Å². The molecule has 1 aliphatic heterocycles. The molecule has 7 nitrogen and oxygen atoms in total. The van der Waals surface area contributed by atoms with Crippen molar-refractivity contribution in [3.63, 3.8) is 0 Å². The zero-order valence-electron chi connectivity index (χ0n) is 17.8. The lowest BCUT2D eigenvalue weighted by Gasteiger charge is -2.37. The van der Waals surface area contributed by atoms with E-state index < -0.39 is 0 Å². The first-order valence-electron chi connectivity index (χ1n) is 10.9. The maximum absolute atomic E-state index is 9.39. The summed E-state index contributed by atoms with van der Waals surface area (Å²) in [5, 5.41) is 13.8. The Morgan fingerprint density at radius 1 is 1.30 bits per heavy atom. The van der Waals surface area contributed by atoms with E-state index in [2.05, 4.69) is 28.3 Å². The number of nitrogens with zero attached hydrogens (tertiary/aromatic N) is 3. The smallest absolute Gasteiger partial charge is 0.212 e. The van der Waals surface area contributed by atoms with E-state index in [1.807, 2.05) is 13.0 Å². The van der Waals surface area contributed by atoms with E-state index in [4.69, 9.17) is 13.9 Å². The molecule has 0 amide bonds. The van der Waals surface area contributed by atoms with Crippen molar-refractivity contribution in [3.8, 4) is 6.07 Å². The van der Waals surface area contributed by atoms with E-state index in [0.29, 0.717) is 30.3 Å². The maximum atomic E-state index is 9.39. The van der Waals surface area contributed by atoms with Gasteiger partial charge in [-0.25, -0.2) is 4.98 Å². The number of hydrogen-bond donors (Lipinski definition) is 1. The van der Waals surface area contributed by atoms with Crippen molar-refractivity contribution < 1.29 is 13.9 Å². The van der Waals surface area contributed by atoms with E-state index in [0.717, 1.165) is 49.2 Å². The number of anilines is 1. The molecule has 1 saturated heterocycles. The molecule has 1 atom stereocenters. The molecule has 0 unspecified atom stereocenters. The molecule has 2 fully saturated rings. The van der Waals surface area contributed by atoms with Gasteiger partial charge in [0.1, 0.15) is 11.9 Å². The average Bonchev–Trinajstić information content (AvgIpc) is 3.42. The van der Waals surface area contributed by atoms with Crippen LogP contribution in [0.3, 0.4) is 0 Å². The number of likely N-dealkylation sites (N-methyl/N-ethyl adjacent to an activating group) is 1. The van der Waals surface area contributed by atoms with Crippen molar-refractivity contribution in [2.24, 2.45) is 0 Å². The molecule has 0 radical (unpaired) electrons. The van der Waals surface area contributed by atoms with Crippen molar-refractivity contribution in [1.29, 1.82) is 5.26 Å². The van der Waals surface area contributed by atoms with Gasteiger partial charge < -0.3 is 19.2 Å². The van der Waals surface area contributed by atoms with Gasteiger partial charge in [-0.05, 0) is 58.2 Å². The van der Waals surface area contributed by atoms with E-state index >= 15 is 0 Å². The molecule has 7 heteroatoms. The van der Waals surface area contributed by atoms with Crippen LogP contribution in [0, 0.1) is 11.3 Å². The molecule has 0 spiro atoms. The van der Waals surface area contributed by atoms with Crippen LogP contribution in [-0.4, -0.2) is 54.9 Å². The highest BCUT2D eigenvalue weighted by Gasteiger charge is 2.30. The van der Waals surface area contributed by atoms with Crippen molar-refractivity contribution in [3.05, 3.63) is 29.8 Å². The fraction of sp³-hybridized carbons (Fsp3) is 0.565. The van der Waals surface area contributed by atoms with Gasteiger partial charge in [0.2, 0.25) is 5.76 Å². The molecule has 3 heterocycles. The van der Waals surface area contributed by atoms with E-state index in [9.17, 15) is 5.26 Å². The molecule has 2 aromatic heterocycles. The van der Waals surface area contributed by atoms with Gasteiger partial charge in [0.15, 0.2) is 5.58 Å². The number of furan rings is 1. The topological polar surface area (TPSA) is 83.5 Å². The van der Waals surface area contributed by atoms with Crippen molar-refractivity contribution in [1.82, 2.24) is 9.88 Å². The highest BCUT2D eigenvalue weighted by atomic mass is 16.5. The maximum Gasteiger partial charge on any atom is 0.212 e. The Morgan fingerprint density at radius 2 is 2.13 bits per heavy atom. The highest BCUT2D eigenvalue weighted by Crippen LogP contribution is 2.30. The normalized spacial score (nSPS) is 24.5. The number of aromatic nitrogens is 1. The predicted octanol–water partition coefficient (Wildman–Crippen LogP) is 4.15. The SMILES string of the molecule is CCO/C=C/c1c(C#N)oc2cnc(NC3CCC(N(C)[C@H]4CCOC4)CC3)cc12. The number of hydrogen-bond acceptors (Lipinski definition) is 7. The van der Waals surface area contributed by atoms with Crippen LogP contribution in [0.2, 0.25) is 0 Å². The molecule has 30 heavy (non-hydrogen) atoms. The second-order valence-corrected chi connectivity index (χ2v) is 8.11. The minimum absolute atomic E-state index is 0.277. The van der Waals surface area contributed by atoms with Crippen LogP contribution in [0.1, 0.15) is 50.4 Å². The summed E-state index contributed by atoms with van der Waals surface area (Å²) in [5.41, 5.74) is 1.34. The third kappa shape index (κ3) is 4.45. The lowest BCUT2D eigenvalue weighted by atomic mass is 9.89. The molecule has 1 saturated carbocycles. The fourth-order valence-electron chi connectivity index (χ4n) is 4.54. The Balaban J connectivity index is 1.42. The van der Waals surface area contributed by atoms with Crippen LogP contribution >= 0.6 is 0 Å². The zero-order chi connectivity index (χ0) is 20.9. The second-order valence-electron chi connectivity index (χ2n) is 8.11. The Morgan fingerprint density at radius 3 is 2.83 bits per heavy atom.